The Labute approximate surface area is 74.9 Å². The molecular weight excluding hydrogens is 152 g/mol. The average Bonchev–Trinajstić information content (AvgIpc) is 2.03. The Morgan fingerprint density at radius 2 is 2.17 bits per heavy atom. The molecule has 0 heterocycles. The topological polar surface area (TPSA) is 29.5 Å². The van der Waals surface area contributed by atoms with Crippen molar-refractivity contribution in [3.63, 3.8) is 0 Å². The second-order valence-corrected chi connectivity index (χ2v) is 4.21. The van der Waals surface area contributed by atoms with Crippen LogP contribution in [0.5, 0.6) is 0 Å². The molecule has 2 atom stereocenters. The first-order valence-electron chi connectivity index (χ1n) is 4.85. The Balaban J connectivity index is 2.36. The summed E-state index contributed by atoms with van der Waals surface area (Å²) in [6.07, 6.45) is 2.47. The van der Waals surface area contributed by atoms with E-state index in [1.54, 1.807) is 0 Å². The van der Waals surface area contributed by atoms with Gasteiger partial charge in [0.15, 0.2) is 0 Å². The van der Waals surface area contributed by atoms with Crippen molar-refractivity contribution in [3.8, 4) is 0 Å². The van der Waals surface area contributed by atoms with E-state index in [1.165, 1.54) is 0 Å². The van der Waals surface area contributed by atoms with Gasteiger partial charge in [0.05, 0.1) is 6.10 Å². The van der Waals surface area contributed by atoms with E-state index < -0.39 is 0 Å². The molecule has 12 heavy (non-hydrogen) atoms. The zero-order valence-electron chi connectivity index (χ0n) is 8.34. The molecule has 1 rings (SSSR count). The van der Waals surface area contributed by atoms with Gasteiger partial charge < -0.3 is 9.84 Å². The smallest absolute Gasteiger partial charge is 0.0631 e. The molecule has 72 valence electrons. The number of rotatable bonds is 4. The minimum atomic E-state index is 0.277. The normalized spacial score (nSPS) is 33.0. The molecular formula is C10H20O2. The standard InChI is InChI=1S/C10H20O2/c1-4-12-9-7-8(5-6-11)10(9,2)3/h8-9,11H,4-7H2,1-3H3. The summed E-state index contributed by atoms with van der Waals surface area (Å²) < 4.78 is 5.59. The Morgan fingerprint density at radius 1 is 1.50 bits per heavy atom. The SMILES string of the molecule is CCOC1CC(CCO)C1(C)C. The highest BCUT2D eigenvalue weighted by atomic mass is 16.5. The van der Waals surface area contributed by atoms with E-state index in [2.05, 4.69) is 13.8 Å². The molecule has 0 aliphatic heterocycles. The van der Waals surface area contributed by atoms with E-state index in [9.17, 15) is 0 Å². The highest BCUT2D eigenvalue weighted by Gasteiger charge is 2.47. The van der Waals surface area contributed by atoms with Crippen molar-refractivity contribution in [2.75, 3.05) is 13.2 Å². The summed E-state index contributed by atoms with van der Waals surface area (Å²) in [4.78, 5) is 0. The van der Waals surface area contributed by atoms with E-state index >= 15 is 0 Å². The van der Waals surface area contributed by atoms with Crippen molar-refractivity contribution in [1.29, 1.82) is 0 Å². The van der Waals surface area contributed by atoms with Crippen LogP contribution < -0.4 is 0 Å². The summed E-state index contributed by atoms with van der Waals surface area (Å²) >= 11 is 0. The van der Waals surface area contributed by atoms with Gasteiger partial charge in [-0.2, -0.15) is 0 Å². The molecule has 0 radical (unpaired) electrons. The van der Waals surface area contributed by atoms with Gasteiger partial charge in [-0.05, 0) is 31.1 Å². The fraction of sp³-hybridized carbons (Fsp3) is 1.00. The van der Waals surface area contributed by atoms with Crippen LogP contribution in [0.3, 0.4) is 0 Å². The molecule has 1 saturated carbocycles. The third-order valence-corrected chi connectivity index (χ3v) is 3.23. The molecule has 1 aliphatic carbocycles. The molecule has 2 heteroatoms. The second-order valence-electron chi connectivity index (χ2n) is 4.21. The lowest BCUT2D eigenvalue weighted by molar-refractivity contribution is -0.140. The van der Waals surface area contributed by atoms with E-state index in [0.717, 1.165) is 19.4 Å². The summed E-state index contributed by atoms with van der Waals surface area (Å²) in [5.41, 5.74) is 0.277. The third kappa shape index (κ3) is 1.64. The van der Waals surface area contributed by atoms with E-state index in [0.29, 0.717) is 18.6 Å². The molecule has 0 saturated heterocycles. The highest BCUT2D eigenvalue weighted by molar-refractivity contribution is 4.97. The van der Waals surface area contributed by atoms with Crippen molar-refractivity contribution < 1.29 is 9.84 Å². The van der Waals surface area contributed by atoms with Crippen molar-refractivity contribution in [3.05, 3.63) is 0 Å². The van der Waals surface area contributed by atoms with Crippen molar-refractivity contribution >= 4 is 0 Å². The van der Waals surface area contributed by atoms with Crippen molar-refractivity contribution in [2.45, 2.75) is 39.7 Å². The fourth-order valence-corrected chi connectivity index (χ4v) is 2.10. The molecule has 0 aromatic carbocycles. The van der Waals surface area contributed by atoms with Crippen molar-refractivity contribution in [2.24, 2.45) is 11.3 Å². The van der Waals surface area contributed by atoms with Gasteiger partial charge in [-0.3, -0.25) is 0 Å². The zero-order valence-corrected chi connectivity index (χ0v) is 8.34. The lowest BCUT2D eigenvalue weighted by Crippen LogP contribution is -2.50. The summed E-state index contributed by atoms with van der Waals surface area (Å²) in [6.45, 7) is 7.62. The number of hydrogen-bond donors (Lipinski definition) is 1. The fourth-order valence-electron chi connectivity index (χ4n) is 2.10. The van der Waals surface area contributed by atoms with Gasteiger partial charge >= 0.3 is 0 Å². The first-order valence-corrected chi connectivity index (χ1v) is 4.85. The molecule has 0 spiro atoms. The molecule has 0 bridgehead atoms. The van der Waals surface area contributed by atoms with Gasteiger partial charge in [0, 0.05) is 13.2 Å². The number of hydrogen-bond acceptors (Lipinski definition) is 2. The van der Waals surface area contributed by atoms with Crippen LogP contribution in [0.2, 0.25) is 0 Å². The lowest BCUT2D eigenvalue weighted by Gasteiger charge is -2.51. The summed E-state index contributed by atoms with van der Waals surface area (Å²) in [7, 11) is 0. The third-order valence-electron chi connectivity index (χ3n) is 3.23. The highest BCUT2D eigenvalue weighted by Crippen LogP contribution is 2.49. The molecule has 2 nitrogen and oxygen atoms in total. The van der Waals surface area contributed by atoms with E-state index in [1.807, 2.05) is 6.92 Å². The Bertz CT molecular complexity index is 129. The predicted molar refractivity (Wildman–Crippen MR) is 49.0 cm³/mol. The Kier molecular flexibility index (Phi) is 3.13. The van der Waals surface area contributed by atoms with E-state index in [4.69, 9.17) is 9.84 Å². The van der Waals surface area contributed by atoms with Crippen molar-refractivity contribution in [1.82, 2.24) is 0 Å². The molecule has 0 amide bonds. The van der Waals surface area contributed by atoms with Gasteiger partial charge in [0.25, 0.3) is 0 Å². The monoisotopic (exact) mass is 172 g/mol. The second kappa shape index (κ2) is 3.75. The number of ether oxygens (including phenoxy) is 1. The molecule has 2 unspecified atom stereocenters. The molecule has 0 aromatic rings. The van der Waals surface area contributed by atoms with Crippen LogP contribution in [-0.2, 0) is 4.74 Å². The van der Waals surface area contributed by atoms with Gasteiger partial charge in [-0.25, -0.2) is 0 Å². The number of aliphatic hydroxyl groups is 1. The summed E-state index contributed by atoms with van der Waals surface area (Å²) in [6, 6.07) is 0. The Morgan fingerprint density at radius 3 is 2.58 bits per heavy atom. The van der Waals surface area contributed by atoms with Crippen LogP contribution in [0.25, 0.3) is 0 Å². The van der Waals surface area contributed by atoms with Crippen LogP contribution in [-0.4, -0.2) is 24.4 Å². The maximum atomic E-state index is 8.81. The van der Waals surface area contributed by atoms with Crippen LogP contribution >= 0.6 is 0 Å². The molecule has 1 fully saturated rings. The van der Waals surface area contributed by atoms with Crippen LogP contribution in [0.4, 0.5) is 0 Å². The molecule has 0 aromatic heterocycles. The first kappa shape index (κ1) is 10.0. The minimum absolute atomic E-state index is 0.277. The largest absolute Gasteiger partial charge is 0.396 e. The zero-order chi connectivity index (χ0) is 9.19. The van der Waals surface area contributed by atoms with Crippen LogP contribution in [0.15, 0.2) is 0 Å². The van der Waals surface area contributed by atoms with Crippen LogP contribution in [0, 0.1) is 11.3 Å². The summed E-state index contributed by atoms with van der Waals surface area (Å²) in [5, 5.41) is 8.81. The molecule has 1 aliphatic rings. The molecule has 1 N–H and O–H groups in total. The van der Waals surface area contributed by atoms with E-state index in [-0.39, 0.29) is 5.41 Å². The summed E-state index contributed by atoms with van der Waals surface area (Å²) in [5.74, 6) is 0.652. The lowest BCUT2D eigenvalue weighted by atomic mass is 9.59. The predicted octanol–water partition coefficient (Wildman–Crippen LogP) is 1.82. The number of aliphatic hydroxyl groups excluding tert-OH is 1. The van der Waals surface area contributed by atoms with Gasteiger partial charge in [-0.15, -0.1) is 0 Å². The van der Waals surface area contributed by atoms with Gasteiger partial charge in [0.2, 0.25) is 0 Å². The van der Waals surface area contributed by atoms with Gasteiger partial charge in [-0.1, -0.05) is 13.8 Å². The first-order chi connectivity index (χ1) is 5.62. The minimum Gasteiger partial charge on any atom is -0.396 e. The quantitative estimate of drug-likeness (QED) is 0.701. The van der Waals surface area contributed by atoms with Crippen LogP contribution in [0.1, 0.15) is 33.6 Å². The average molecular weight is 172 g/mol. The maximum absolute atomic E-state index is 8.81. The van der Waals surface area contributed by atoms with Gasteiger partial charge in [0.1, 0.15) is 0 Å². The Hall–Kier alpha value is -0.0800. The maximum Gasteiger partial charge on any atom is 0.0631 e.